The van der Waals surface area contributed by atoms with Gasteiger partial charge in [-0.15, -0.1) is 0 Å². The summed E-state index contributed by atoms with van der Waals surface area (Å²) < 4.78 is 12.3. The van der Waals surface area contributed by atoms with Crippen molar-refractivity contribution in [2.75, 3.05) is 0 Å². The molecule has 0 bridgehead atoms. The topological polar surface area (TPSA) is 0 Å². The van der Waals surface area contributed by atoms with Crippen molar-refractivity contribution in [1.82, 2.24) is 0 Å². The zero-order valence-electron chi connectivity index (χ0n) is 11.7. The minimum Gasteiger partial charge on any atom is -0.207 e. The molecular formula is C16H19Cl2F. The third kappa shape index (κ3) is 7.19. The van der Waals surface area contributed by atoms with Gasteiger partial charge in [0.1, 0.15) is 5.82 Å². The minimum atomic E-state index is -0.286. The molecule has 0 aliphatic heterocycles. The van der Waals surface area contributed by atoms with Gasteiger partial charge in [-0.25, -0.2) is 4.39 Å². The molecule has 0 N–H and O–H groups in total. The average molecular weight is 301 g/mol. The lowest BCUT2D eigenvalue weighted by atomic mass is 10.2. The van der Waals surface area contributed by atoms with Crippen LogP contribution in [0.15, 0.2) is 42.5 Å². The largest absolute Gasteiger partial charge is 0.207 e. The van der Waals surface area contributed by atoms with Crippen molar-refractivity contribution >= 4 is 23.2 Å². The smallest absolute Gasteiger partial charge is 0.124 e. The summed E-state index contributed by atoms with van der Waals surface area (Å²) in [4.78, 5) is 0. The summed E-state index contributed by atoms with van der Waals surface area (Å²) in [6.07, 6.45) is 0. The zero-order chi connectivity index (χ0) is 14.8. The number of aryl methyl sites for hydroxylation is 2. The number of halogens is 3. The van der Waals surface area contributed by atoms with E-state index < -0.39 is 0 Å². The van der Waals surface area contributed by atoms with E-state index in [1.54, 1.807) is 6.07 Å². The number of benzene rings is 2. The van der Waals surface area contributed by atoms with Gasteiger partial charge in [-0.05, 0) is 43.2 Å². The Labute approximate surface area is 125 Å². The second kappa shape index (κ2) is 9.82. The van der Waals surface area contributed by atoms with Gasteiger partial charge in [0.25, 0.3) is 0 Å². The van der Waals surface area contributed by atoms with E-state index in [1.165, 1.54) is 12.1 Å². The molecule has 0 nitrogen and oxygen atoms in total. The number of rotatable bonds is 0. The van der Waals surface area contributed by atoms with E-state index in [2.05, 4.69) is 0 Å². The van der Waals surface area contributed by atoms with Crippen LogP contribution in [0.4, 0.5) is 4.39 Å². The lowest BCUT2D eigenvalue weighted by Gasteiger charge is -1.93. The molecule has 2 aromatic rings. The average Bonchev–Trinajstić information content (AvgIpc) is 2.41. The van der Waals surface area contributed by atoms with Crippen LogP contribution in [0.2, 0.25) is 10.0 Å². The Morgan fingerprint density at radius 3 is 1.68 bits per heavy atom. The molecular weight excluding hydrogens is 282 g/mol. The maximum Gasteiger partial charge on any atom is 0.124 e. The molecule has 0 heterocycles. The Morgan fingerprint density at radius 2 is 1.32 bits per heavy atom. The molecule has 104 valence electrons. The van der Waals surface area contributed by atoms with Crippen molar-refractivity contribution in [3.63, 3.8) is 0 Å². The third-order valence-corrected chi connectivity index (χ3v) is 3.04. The molecule has 0 unspecified atom stereocenters. The number of hydrogen-bond acceptors (Lipinski definition) is 0. The SMILES string of the molecule is CC.Cc1ccc(F)cc1Cl.Cc1ccccc1Cl. The molecule has 0 amide bonds. The van der Waals surface area contributed by atoms with Gasteiger partial charge in [-0.1, -0.05) is 61.3 Å². The fourth-order valence-corrected chi connectivity index (χ4v) is 1.42. The van der Waals surface area contributed by atoms with Crippen LogP contribution in [0.5, 0.6) is 0 Å². The first-order chi connectivity index (χ1) is 9.00. The molecule has 0 radical (unpaired) electrons. The van der Waals surface area contributed by atoms with Gasteiger partial charge in [0.15, 0.2) is 0 Å². The van der Waals surface area contributed by atoms with Crippen LogP contribution in [0.25, 0.3) is 0 Å². The Bertz CT molecular complexity index is 475. The zero-order valence-corrected chi connectivity index (χ0v) is 13.2. The first-order valence-corrected chi connectivity index (χ1v) is 6.89. The molecule has 0 fully saturated rings. The summed E-state index contributed by atoms with van der Waals surface area (Å²) in [7, 11) is 0. The van der Waals surface area contributed by atoms with Crippen molar-refractivity contribution in [2.24, 2.45) is 0 Å². The van der Waals surface area contributed by atoms with E-state index in [1.807, 2.05) is 52.0 Å². The van der Waals surface area contributed by atoms with E-state index in [0.29, 0.717) is 5.02 Å². The van der Waals surface area contributed by atoms with Gasteiger partial charge >= 0.3 is 0 Å². The summed E-state index contributed by atoms with van der Waals surface area (Å²) in [6, 6.07) is 12.1. The molecule has 2 aromatic carbocycles. The quantitative estimate of drug-likeness (QED) is 0.523. The molecule has 0 spiro atoms. The van der Waals surface area contributed by atoms with Crippen LogP contribution in [0, 0.1) is 19.7 Å². The van der Waals surface area contributed by atoms with Crippen molar-refractivity contribution in [3.05, 3.63) is 69.5 Å². The lowest BCUT2D eigenvalue weighted by molar-refractivity contribution is 0.627. The van der Waals surface area contributed by atoms with E-state index >= 15 is 0 Å². The normalized spacial score (nSPS) is 8.79. The summed E-state index contributed by atoms with van der Waals surface area (Å²) in [6.45, 7) is 7.82. The maximum atomic E-state index is 12.3. The van der Waals surface area contributed by atoms with Crippen LogP contribution in [0.1, 0.15) is 25.0 Å². The van der Waals surface area contributed by atoms with E-state index in [-0.39, 0.29) is 5.82 Å². The molecule has 19 heavy (non-hydrogen) atoms. The Morgan fingerprint density at radius 1 is 0.789 bits per heavy atom. The van der Waals surface area contributed by atoms with Crippen molar-refractivity contribution < 1.29 is 4.39 Å². The lowest BCUT2D eigenvalue weighted by Crippen LogP contribution is -1.76. The standard InChI is InChI=1S/C7H6ClF.C7H7Cl.C2H6/c1-5-2-3-6(9)4-7(5)8;1-6-4-2-3-5-7(6)8;1-2/h2-4H,1H3;2-5H,1H3;1-2H3. The summed E-state index contributed by atoms with van der Waals surface area (Å²) in [5.41, 5.74) is 2.03. The summed E-state index contributed by atoms with van der Waals surface area (Å²) in [5, 5.41) is 1.32. The second-order valence-corrected chi connectivity index (χ2v) is 4.46. The highest BCUT2D eigenvalue weighted by molar-refractivity contribution is 6.31. The first-order valence-electron chi connectivity index (χ1n) is 6.13. The highest BCUT2D eigenvalue weighted by Crippen LogP contribution is 2.15. The molecule has 2 rings (SSSR count). The molecule has 0 atom stereocenters. The van der Waals surface area contributed by atoms with Crippen molar-refractivity contribution in [2.45, 2.75) is 27.7 Å². The maximum absolute atomic E-state index is 12.3. The van der Waals surface area contributed by atoms with Gasteiger partial charge in [0.2, 0.25) is 0 Å². The van der Waals surface area contributed by atoms with Crippen LogP contribution >= 0.6 is 23.2 Å². The van der Waals surface area contributed by atoms with Crippen molar-refractivity contribution in [1.29, 1.82) is 0 Å². The highest BCUT2D eigenvalue weighted by atomic mass is 35.5. The fourth-order valence-electron chi connectivity index (χ4n) is 1.12. The second-order valence-electron chi connectivity index (χ2n) is 3.64. The summed E-state index contributed by atoms with van der Waals surface area (Å²) in [5.74, 6) is -0.286. The van der Waals surface area contributed by atoms with Crippen LogP contribution in [0.3, 0.4) is 0 Å². The van der Waals surface area contributed by atoms with E-state index in [4.69, 9.17) is 23.2 Å². The molecule has 0 aliphatic carbocycles. The van der Waals surface area contributed by atoms with Crippen LogP contribution in [-0.2, 0) is 0 Å². The van der Waals surface area contributed by atoms with Crippen molar-refractivity contribution in [3.8, 4) is 0 Å². The van der Waals surface area contributed by atoms with E-state index in [9.17, 15) is 4.39 Å². The third-order valence-electron chi connectivity index (χ3n) is 2.21. The highest BCUT2D eigenvalue weighted by Gasteiger charge is 1.94. The Hall–Kier alpha value is -1.05. The Kier molecular flexibility index (Phi) is 9.28. The predicted octanol–water partition coefficient (Wildman–Crippen LogP) is 6.46. The van der Waals surface area contributed by atoms with Gasteiger partial charge in [0, 0.05) is 10.0 Å². The molecule has 0 saturated carbocycles. The monoisotopic (exact) mass is 300 g/mol. The van der Waals surface area contributed by atoms with Gasteiger partial charge in [-0.3, -0.25) is 0 Å². The van der Waals surface area contributed by atoms with Gasteiger partial charge in [-0.2, -0.15) is 0 Å². The van der Waals surface area contributed by atoms with Gasteiger partial charge in [0.05, 0.1) is 0 Å². The first kappa shape index (κ1) is 17.9. The molecule has 3 heteroatoms. The minimum absolute atomic E-state index is 0.286. The fraction of sp³-hybridized carbons (Fsp3) is 0.250. The Balaban J connectivity index is 0.000000303. The molecule has 0 saturated heterocycles. The summed E-state index contributed by atoms with van der Waals surface area (Å²) >= 11 is 11.3. The number of hydrogen-bond donors (Lipinski definition) is 0. The van der Waals surface area contributed by atoms with E-state index in [0.717, 1.165) is 16.1 Å². The van der Waals surface area contributed by atoms with Crippen LogP contribution in [-0.4, -0.2) is 0 Å². The predicted molar refractivity (Wildman–Crippen MR) is 83.7 cm³/mol. The van der Waals surface area contributed by atoms with Crippen LogP contribution < -0.4 is 0 Å². The van der Waals surface area contributed by atoms with Gasteiger partial charge < -0.3 is 0 Å². The molecule has 0 aliphatic rings. The molecule has 0 aromatic heterocycles.